The van der Waals surface area contributed by atoms with Gasteiger partial charge in [-0.2, -0.15) is 0 Å². The molecule has 0 fully saturated rings. The van der Waals surface area contributed by atoms with E-state index < -0.39 is 6.04 Å². The summed E-state index contributed by atoms with van der Waals surface area (Å²) in [6, 6.07) is 11.9. The molecule has 0 saturated heterocycles. The second kappa shape index (κ2) is 12.6. The average molecular weight is 512 g/mol. The van der Waals surface area contributed by atoms with Crippen LogP contribution in [0, 0.1) is 0 Å². The summed E-state index contributed by atoms with van der Waals surface area (Å²) in [5.74, 6) is 0.564. The standard InChI is InChI=1S/C23H28BrClN2O4/c1-4-5-11-26-23(29)16(2)27(14-17-7-6-8-19(12-17)30-3)22(28)15-31-21-10-9-18(24)13-20(21)25/h6-10,12-13,16H,4-5,11,14-15H2,1-3H3,(H,26,29). The Kier molecular flexibility index (Phi) is 10.1. The van der Waals surface area contributed by atoms with E-state index in [-0.39, 0.29) is 25.0 Å². The maximum atomic E-state index is 13.1. The smallest absolute Gasteiger partial charge is 0.261 e. The number of methoxy groups -OCH3 is 1. The van der Waals surface area contributed by atoms with Gasteiger partial charge in [-0.15, -0.1) is 0 Å². The van der Waals surface area contributed by atoms with Crippen LogP contribution in [-0.2, 0) is 16.1 Å². The van der Waals surface area contributed by atoms with Crippen molar-refractivity contribution in [1.29, 1.82) is 0 Å². The molecule has 2 aromatic carbocycles. The highest BCUT2D eigenvalue weighted by atomic mass is 79.9. The van der Waals surface area contributed by atoms with Gasteiger partial charge in [-0.1, -0.05) is 53.0 Å². The lowest BCUT2D eigenvalue weighted by molar-refractivity contribution is -0.142. The third kappa shape index (κ3) is 7.74. The van der Waals surface area contributed by atoms with Crippen molar-refractivity contribution in [3.05, 3.63) is 57.5 Å². The monoisotopic (exact) mass is 510 g/mol. The summed E-state index contributed by atoms with van der Waals surface area (Å²) in [6.45, 7) is 4.35. The SMILES string of the molecule is CCCCNC(=O)C(C)N(Cc1cccc(OC)c1)C(=O)COc1ccc(Br)cc1Cl. The van der Waals surface area contributed by atoms with Crippen molar-refractivity contribution >= 4 is 39.3 Å². The number of unbranched alkanes of at least 4 members (excludes halogenated alkanes) is 1. The van der Waals surface area contributed by atoms with Crippen LogP contribution in [0.4, 0.5) is 0 Å². The summed E-state index contributed by atoms with van der Waals surface area (Å²) in [7, 11) is 1.58. The molecule has 31 heavy (non-hydrogen) atoms. The van der Waals surface area contributed by atoms with Crippen LogP contribution < -0.4 is 14.8 Å². The Balaban J connectivity index is 2.16. The van der Waals surface area contributed by atoms with Gasteiger partial charge in [0.15, 0.2) is 6.61 Å². The first kappa shape index (κ1) is 25.0. The molecule has 6 nitrogen and oxygen atoms in total. The van der Waals surface area contributed by atoms with Crippen molar-refractivity contribution < 1.29 is 19.1 Å². The minimum absolute atomic E-state index is 0.202. The fourth-order valence-corrected chi connectivity index (χ4v) is 3.63. The first-order valence-corrected chi connectivity index (χ1v) is 11.3. The van der Waals surface area contributed by atoms with E-state index in [2.05, 4.69) is 28.2 Å². The van der Waals surface area contributed by atoms with Gasteiger partial charge >= 0.3 is 0 Å². The number of nitrogens with zero attached hydrogens (tertiary/aromatic N) is 1. The number of halogens is 2. The minimum atomic E-state index is -0.667. The van der Waals surface area contributed by atoms with Crippen LogP contribution in [0.1, 0.15) is 32.3 Å². The van der Waals surface area contributed by atoms with Gasteiger partial charge in [0, 0.05) is 17.6 Å². The van der Waals surface area contributed by atoms with Gasteiger partial charge in [0.25, 0.3) is 5.91 Å². The van der Waals surface area contributed by atoms with E-state index in [0.29, 0.717) is 23.1 Å². The van der Waals surface area contributed by atoms with Gasteiger partial charge in [0.05, 0.1) is 12.1 Å². The van der Waals surface area contributed by atoms with Crippen LogP contribution in [0.2, 0.25) is 5.02 Å². The molecule has 0 bridgehead atoms. The van der Waals surface area contributed by atoms with E-state index >= 15 is 0 Å². The molecule has 2 aromatic rings. The maximum absolute atomic E-state index is 13.1. The maximum Gasteiger partial charge on any atom is 0.261 e. The fraction of sp³-hybridized carbons (Fsp3) is 0.391. The zero-order chi connectivity index (χ0) is 22.8. The summed E-state index contributed by atoms with van der Waals surface area (Å²) in [4.78, 5) is 27.2. The van der Waals surface area contributed by atoms with E-state index in [1.165, 1.54) is 4.90 Å². The highest BCUT2D eigenvalue weighted by molar-refractivity contribution is 9.10. The Bertz CT molecular complexity index is 894. The van der Waals surface area contributed by atoms with Gasteiger partial charge in [0.2, 0.25) is 5.91 Å². The molecule has 0 aliphatic heterocycles. The minimum Gasteiger partial charge on any atom is -0.497 e. The van der Waals surface area contributed by atoms with Crippen molar-refractivity contribution in [1.82, 2.24) is 10.2 Å². The Labute approximate surface area is 197 Å². The third-order valence-corrected chi connectivity index (χ3v) is 5.52. The molecular weight excluding hydrogens is 484 g/mol. The molecule has 0 saturated carbocycles. The summed E-state index contributed by atoms with van der Waals surface area (Å²) in [5.41, 5.74) is 0.850. The lowest BCUT2D eigenvalue weighted by atomic mass is 10.1. The van der Waals surface area contributed by atoms with Crippen molar-refractivity contribution in [2.45, 2.75) is 39.3 Å². The number of carbonyl (C=O) groups is 2. The third-order valence-electron chi connectivity index (χ3n) is 4.73. The second-order valence-corrected chi connectivity index (χ2v) is 8.38. The van der Waals surface area contributed by atoms with Crippen LogP contribution in [0.5, 0.6) is 11.5 Å². The van der Waals surface area contributed by atoms with Crippen molar-refractivity contribution in [3.8, 4) is 11.5 Å². The molecule has 0 aromatic heterocycles. The molecule has 1 unspecified atom stereocenters. The van der Waals surface area contributed by atoms with Gasteiger partial charge in [-0.25, -0.2) is 0 Å². The molecule has 1 atom stereocenters. The van der Waals surface area contributed by atoms with Crippen LogP contribution in [0.25, 0.3) is 0 Å². The zero-order valence-corrected chi connectivity index (χ0v) is 20.3. The van der Waals surface area contributed by atoms with E-state index in [1.807, 2.05) is 24.3 Å². The number of ether oxygens (including phenoxy) is 2. The van der Waals surface area contributed by atoms with Crippen LogP contribution in [0.3, 0.4) is 0 Å². The number of amides is 2. The normalized spacial score (nSPS) is 11.5. The second-order valence-electron chi connectivity index (χ2n) is 7.06. The number of carbonyl (C=O) groups excluding carboxylic acids is 2. The van der Waals surface area contributed by atoms with Crippen molar-refractivity contribution in [2.24, 2.45) is 0 Å². The first-order chi connectivity index (χ1) is 14.8. The molecular formula is C23H28BrClN2O4. The Morgan fingerprint density at radius 2 is 2.00 bits per heavy atom. The van der Waals surface area contributed by atoms with Crippen molar-refractivity contribution in [3.63, 3.8) is 0 Å². The molecule has 2 amide bonds. The summed E-state index contributed by atoms with van der Waals surface area (Å²) < 4.78 is 11.7. The topological polar surface area (TPSA) is 67.9 Å². The van der Waals surface area contributed by atoms with Gasteiger partial charge in [-0.05, 0) is 49.2 Å². The summed E-state index contributed by atoms with van der Waals surface area (Å²) in [6.07, 6.45) is 1.86. The highest BCUT2D eigenvalue weighted by Crippen LogP contribution is 2.28. The number of rotatable bonds is 11. The van der Waals surface area contributed by atoms with E-state index in [0.717, 1.165) is 22.9 Å². The van der Waals surface area contributed by atoms with Crippen LogP contribution >= 0.6 is 27.5 Å². The van der Waals surface area contributed by atoms with Gasteiger partial charge < -0.3 is 19.7 Å². The molecule has 1 N–H and O–H groups in total. The Morgan fingerprint density at radius 3 is 2.68 bits per heavy atom. The lowest BCUT2D eigenvalue weighted by Crippen LogP contribution is -2.49. The molecule has 0 aliphatic rings. The first-order valence-electron chi connectivity index (χ1n) is 10.1. The fourth-order valence-electron chi connectivity index (χ4n) is 2.90. The quantitative estimate of drug-likeness (QED) is 0.439. The van der Waals surface area contributed by atoms with E-state index in [9.17, 15) is 9.59 Å². The van der Waals surface area contributed by atoms with Crippen LogP contribution in [0.15, 0.2) is 46.9 Å². The predicted molar refractivity (Wildman–Crippen MR) is 126 cm³/mol. The zero-order valence-electron chi connectivity index (χ0n) is 18.0. The molecule has 168 valence electrons. The molecule has 0 aliphatic carbocycles. The number of nitrogens with one attached hydrogen (secondary N) is 1. The molecule has 0 heterocycles. The van der Waals surface area contributed by atoms with E-state index in [4.69, 9.17) is 21.1 Å². The molecule has 2 rings (SSSR count). The molecule has 8 heteroatoms. The lowest BCUT2D eigenvalue weighted by Gasteiger charge is -2.29. The van der Waals surface area contributed by atoms with Gasteiger partial charge in [0.1, 0.15) is 17.5 Å². The summed E-state index contributed by atoms with van der Waals surface area (Å²) >= 11 is 9.52. The predicted octanol–water partition coefficient (Wildman–Crippen LogP) is 4.82. The van der Waals surface area contributed by atoms with Gasteiger partial charge in [-0.3, -0.25) is 9.59 Å². The largest absolute Gasteiger partial charge is 0.497 e. The number of hydrogen-bond acceptors (Lipinski definition) is 4. The Morgan fingerprint density at radius 1 is 1.23 bits per heavy atom. The number of hydrogen-bond donors (Lipinski definition) is 1. The molecule has 0 radical (unpaired) electrons. The van der Waals surface area contributed by atoms with E-state index in [1.54, 1.807) is 32.2 Å². The molecule has 0 spiro atoms. The highest BCUT2D eigenvalue weighted by Gasteiger charge is 2.26. The van der Waals surface area contributed by atoms with Crippen molar-refractivity contribution in [2.75, 3.05) is 20.3 Å². The Hall–Kier alpha value is -2.25. The van der Waals surface area contributed by atoms with Crippen LogP contribution in [-0.4, -0.2) is 43.0 Å². The average Bonchev–Trinajstić information content (AvgIpc) is 2.76. The number of benzene rings is 2. The summed E-state index contributed by atoms with van der Waals surface area (Å²) in [5, 5.41) is 3.29.